The lowest BCUT2D eigenvalue weighted by Crippen LogP contribution is -2.10. The van der Waals surface area contributed by atoms with Gasteiger partial charge in [-0.15, -0.1) is 0 Å². The molecule has 0 amide bonds. The van der Waals surface area contributed by atoms with Crippen LogP contribution in [-0.2, 0) is 14.4 Å². The van der Waals surface area contributed by atoms with Gasteiger partial charge in [0.15, 0.2) is 0 Å². The van der Waals surface area contributed by atoms with E-state index in [1.54, 1.807) is 25.3 Å². The second-order valence-corrected chi connectivity index (χ2v) is 3.22. The zero-order valence-corrected chi connectivity index (χ0v) is 9.88. The van der Waals surface area contributed by atoms with Crippen molar-refractivity contribution >= 4 is 18.3 Å². The summed E-state index contributed by atoms with van der Waals surface area (Å²) in [5, 5.41) is 3.64. The highest BCUT2D eigenvalue weighted by Gasteiger charge is 1.99. The Labute approximate surface area is 99.7 Å². The van der Waals surface area contributed by atoms with Crippen molar-refractivity contribution in [3.8, 4) is 0 Å². The van der Waals surface area contributed by atoms with Gasteiger partial charge in [-0.05, 0) is 37.6 Å². The predicted molar refractivity (Wildman–Crippen MR) is 63.4 cm³/mol. The summed E-state index contributed by atoms with van der Waals surface area (Å²) in [5.41, 5.74) is 0.851. The van der Waals surface area contributed by atoms with E-state index in [-0.39, 0.29) is 6.61 Å². The molecular formula is C12H15NO4. The summed E-state index contributed by atoms with van der Waals surface area (Å²) in [4.78, 5) is 15.7. The molecule has 0 N–H and O–H groups in total. The maximum atomic E-state index is 10.9. The Bertz CT molecular complexity index is 393. The molecule has 5 heteroatoms. The minimum atomic E-state index is -0.433. The quantitative estimate of drug-likeness (QED) is 0.432. The van der Waals surface area contributed by atoms with Crippen molar-refractivity contribution in [3.63, 3.8) is 0 Å². The zero-order chi connectivity index (χ0) is 12.5. The van der Waals surface area contributed by atoms with Gasteiger partial charge in [0.05, 0.1) is 19.1 Å². The number of hydrogen-bond donors (Lipinski definition) is 0. The van der Waals surface area contributed by atoms with Gasteiger partial charge in [-0.25, -0.2) is 4.79 Å². The Balaban J connectivity index is 2.31. The predicted octanol–water partition coefficient (Wildman–Crippen LogP) is 2.25. The summed E-state index contributed by atoms with van der Waals surface area (Å²) in [5.74, 6) is 0.302. The monoisotopic (exact) mass is 237 g/mol. The summed E-state index contributed by atoms with van der Waals surface area (Å²) in [7, 11) is 0. The van der Waals surface area contributed by atoms with E-state index in [1.807, 2.05) is 13.0 Å². The number of allylic oxidation sites excluding steroid dienone is 1. The molecule has 1 aromatic heterocycles. The molecule has 0 spiro atoms. The number of furan rings is 1. The van der Waals surface area contributed by atoms with Crippen molar-refractivity contribution in [1.29, 1.82) is 0 Å². The van der Waals surface area contributed by atoms with Gasteiger partial charge < -0.3 is 14.0 Å². The Morgan fingerprint density at radius 2 is 2.41 bits per heavy atom. The molecule has 0 atom stereocenters. The summed E-state index contributed by atoms with van der Waals surface area (Å²) < 4.78 is 9.79. The normalized spacial score (nSPS) is 11.8. The molecule has 0 radical (unpaired) electrons. The first kappa shape index (κ1) is 13.0. The van der Waals surface area contributed by atoms with Crippen LogP contribution in [-0.4, -0.2) is 25.4 Å². The van der Waals surface area contributed by atoms with Gasteiger partial charge in [-0.3, -0.25) is 0 Å². The van der Waals surface area contributed by atoms with Crippen molar-refractivity contribution < 1.29 is 18.8 Å². The fourth-order valence-electron chi connectivity index (χ4n) is 1.05. The molecule has 0 saturated heterocycles. The van der Waals surface area contributed by atoms with Gasteiger partial charge >= 0.3 is 5.97 Å². The standard InChI is InChI=1S/C12H15NO4/c1-3-15-12(14)9-17-13-8-10(2)7-11-5-4-6-16-11/h4-8H,3,9H2,1-2H3/b10-7+,13-8+. The third-order valence-electron chi connectivity index (χ3n) is 1.73. The number of ether oxygens (including phenoxy) is 1. The fourth-order valence-corrected chi connectivity index (χ4v) is 1.05. The van der Waals surface area contributed by atoms with E-state index in [0.717, 1.165) is 11.3 Å². The van der Waals surface area contributed by atoms with Gasteiger partial charge in [0, 0.05) is 0 Å². The van der Waals surface area contributed by atoms with Crippen LogP contribution in [0.1, 0.15) is 19.6 Å². The van der Waals surface area contributed by atoms with Gasteiger partial charge in [-0.1, -0.05) is 5.16 Å². The van der Waals surface area contributed by atoms with Crippen molar-refractivity contribution in [1.82, 2.24) is 0 Å². The molecule has 0 saturated carbocycles. The van der Waals surface area contributed by atoms with E-state index in [0.29, 0.717) is 6.61 Å². The van der Waals surface area contributed by atoms with Crippen molar-refractivity contribution in [2.45, 2.75) is 13.8 Å². The average Bonchev–Trinajstić information content (AvgIpc) is 2.77. The van der Waals surface area contributed by atoms with Crippen LogP contribution in [0, 0.1) is 0 Å². The number of esters is 1. The maximum Gasteiger partial charge on any atom is 0.347 e. The number of carbonyl (C=O) groups excluding carboxylic acids is 1. The molecule has 92 valence electrons. The van der Waals surface area contributed by atoms with Crippen LogP contribution in [0.3, 0.4) is 0 Å². The number of carbonyl (C=O) groups is 1. The molecule has 0 aliphatic heterocycles. The highest BCUT2D eigenvalue weighted by molar-refractivity contribution is 5.83. The van der Waals surface area contributed by atoms with Gasteiger partial charge in [-0.2, -0.15) is 0 Å². The largest absolute Gasteiger partial charge is 0.465 e. The lowest BCUT2D eigenvalue weighted by molar-refractivity contribution is -0.148. The van der Waals surface area contributed by atoms with Crippen LogP contribution in [0.4, 0.5) is 0 Å². The first-order chi connectivity index (χ1) is 8.22. The maximum absolute atomic E-state index is 10.9. The molecule has 5 nitrogen and oxygen atoms in total. The van der Waals surface area contributed by atoms with E-state index in [4.69, 9.17) is 9.25 Å². The Morgan fingerprint density at radius 1 is 1.59 bits per heavy atom. The SMILES string of the molecule is CCOC(=O)CO/N=C/C(C)=C/c1ccco1. The second kappa shape index (κ2) is 7.27. The Kier molecular flexibility index (Phi) is 5.57. The lowest BCUT2D eigenvalue weighted by atomic mass is 10.3. The van der Waals surface area contributed by atoms with Crippen LogP contribution in [0.5, 0.6) is 0 Å². The molecule has 0 unspecified atom stereocenters. The van der Waals surface area contributed by atoms with Crippen LogP contribution in [0.15, 0.2) is 33.5 Å². The molecule has 0 aliphatic carbocycles. The Hall–Kier alpha value is -2.04. The summed E-state index contributed by atoms with van der Waals surface area (Å²) >= 11 is 0. The molecule has 0 aromatic carbocycles. The van der Waals surface area contributed by atoms with E-state index in [2.05, 4.69) is 9.89 Å². The third kappa shape index (κ3) is 5.55. The number of hydrogen-bond acceptors (Lipinski definition) is 5. The first-order valence-corrected chi connectivity index (χ1v) is 5.25. The van der Waals surface area contributed by atoms with Crippen molar-refractivity contribution in [2.24, 2.45) is 5.16 Å². The topological polar surface area (TPSA) is 61.0 Å². The lowest BCUT2D eigenvalue weighted by Gasteiger charge is -1.99. The van der Waals surface area contributed by atoms with E-state index < -0.39 is 5.97 Å². The molecule has 1 rings (SSSR count). The van der Waals surface area contributed by atoms with Crippen molar-refractivity contribution in [2.75, 3.05) is 13.2 Å². The molecule has 1 aromatic rings. The molecule has 0 aliphatic rings. The highest BCUT2D eigenvalue weighted by Crippen LogP contribution is 2.05. The summed E-state index contributed by atoms with van der Waals surface area (Å²) in [6.07, 6.45) is 4.90. The molecular weight excluding hydrogens is 222 g/mol. The van der Waals surface area contributed by atoms with E-state index in [9.17, 15) is 4.79 Å². The van der Waals surface area contributed by atoms with Gasteiger partial charge in [0.25, 0.3) is 0 Å². The first-order valence-electron chi connectivity index (χ1n) is 5.25. The average molecular weight is 237 g/mol. The van der Waals surface area contributed by atoms with Gasteiger partial charge in [0.1, 0.15) is 5.76 Å². The van der Waals surface area contributed by atoms with E-state index in [1.165, 1.54) is 6.21 Å². The van der Waals surface area contributed by atoms with E-state index >= 15 is 0 Å². The van der Waals surface area contributed by atoms with Crippen LogP contribution >= 0.6 is 0 Å². The molecule has 0 fully saturated rings. The van der Waals surface area contributed by atoms with Gasteiger partial charge in [0.2, 0.25) is 6.61 Å². The number of rotatable bonds is 6. The van der Waals surface area contributed by atoms with Crippen LogP contribution < -0.4 is 0 Å². The smallest absolute Gasteiger partial charge is 0.347 e. The summed E-state index contributed by atoms with van der Waals surface area (Å²) in [6, 6.07) is 3.63. The van der Waals surface area contributed by atoms with Crippen LogP contribution in [0.2, 0.25) is 0 Å². The molecule has 1 heterocycles. The number of nitrogens with zero attached hydrogens (tertiary/aromatic N) is 1. The minimum absolute atomic E-state index is 0.182. The highest BCUT2D eigenvalue weighted by atomic mass is 16.6. The van der Waals surface area contributed by atoms with Crippen molar-refractivity contribution in [3.05, 3.63) is 29.7 Å². The number of oxime groups is 1. The third-order valence-corrected chi connectivity index (χ3v) is 1.73. The molecule has 0 bridgehead atoms. The zero-order valence-electron chi connectivity index (χ0n) is 9.88. The Morgan fingerprint density at radius 3 is 3.06 bits per heavy atom. The molecule has 17 heavy (non-hydrogen) atoms. The minimum Gasteiger partial charge on any atom is -0.465 e. The second-order valence-electron chi connectivity index (χ2n) is 3.22. The fraction of sp³-hybridized carbons (Fsp3) is 0.333. The summed E-state index contributed by atoms with van der Waals surface area (Å²) in [6.45, 7) is 3.73. The van der Waals surface area contributed by atoms with Crippen LogP contribution in [0.25, 0.3) is 6.08 Å².